The van der Waals surface area contributed by atoms with Gasteiger partial charge in [0, 0.05) is 50.3 Å². The van der Waals surface area contributed by atoms with Crippen molar-refractivity contribution in [1.29, 1.82) is 0 Å². The molecule has 1 aliphatic heterocycles. The van der Waals surface area contributed by atoms with Gasteiger partial charge in [-0.1, -0.05) is 18.6 Å². The number of nitrogens with zero attached hydrogens (tertiary/aromatic N) is 2. The molecule has 1 aromatic carbocycles. The molecule has 1 saturated heterocycles. The number of nitrogens with one attached hydrogen (secondary N) is 1. The average Bonchev–Trinajstić information content (AvgIpc) is 3.06. The van der Waals surface area contributed by atoms with Gasteiger partial charge in [-0.15, -0.1) is 0 Å². The monoisotopic (exact) mass is 368 g/mol. The molecule has 1 saturated carbocycles. The highest BCUT2D eigenvalue weighted by molar-refractivity contribution is 5.92. The van der Waals surface area contributed by atoms with Crippen LogP contribution in [0.15, 0.2) is 30.5 Å². The second-order valence-corrected chi connectivity index (χ2v) is 7.94. The van der Waals surface area contributed by atoms with Crippen LogP contribution in [0.25, 0.3) is 0 Å². The Hall–Kier alpha value is -2.18. The number of hydrogen-bond acceptors (Lipinski definition) is 4. The van der Waals surface area contributed by atoms with E-state index in [4.69, 9.17) is 10.5 Å². The third kappa shape index (κ3) is 3.17. The van der Waals surface area contributed by atoms with Crippen LogP contribution >= 0.6 is 0 Å². The first kappa shape index (κ1) is 18.2. The highest BCUT2D eigenvalue weighted by atomic mass is 16.5. The van der Waals surface area contributed by atoms with E-state index in [2.05, 4.69) is 20.9 Å². The van der Waals surface area contributed by atoms with E-state index < -0.39 is 0 Å². The van der Waals surface area contributed by atoms with Crippen LogP contribution in [-0.4, -0.2) is 41.0 Å². The molecule has 2 bridgehead atoms. The molecule has 1 amide bonds. The van der Waals surface area contributed by atoms with E-state index in [0.717, 1.165) is 49.6 Å². The molecule has 3 N–H and O–H groups in total. The fourth-order valence-corrected chi connectivity index (χ4v) is 5.27. The van der Waals surface area contributed by atoms with Gasteiger partial charge in [-0.3, -0.25) is 9.69 Å². The maximum Gasteiger partial charge on any atom is 0.248 e. The van der Waals surface area contributed by atoms with E-state index in [-0.39, 0.29) is 11.5 Å². The Morgan fingerprint density at radius 2 is 2.11 bits per heavy atom. The molecule has 2 atom stereocenters. The molecule has 2 aromatic rings. The van der Waals surface area contributed by atoms with Gasteiger partial charge >= 0.3 is 0 Å². The first-order valence-electron chi connectivity index (χ1n) is 9.71. The van der Waals surface area contributed by atoms with Crippen molar-refractivity contribution in [1.82, 2.24) is 14.9 Å². The minimum absolute atomic E-state index is 0.346. The zero-order chi connectivity index (χ0) is 19.0. The number of nitrogens with two attached hydrogens (primary N) is 1. The third-order valence-corrected chi connectivity index (χ3v) is 6.36. The number of carbonyl (C=O) groups is 1. The second-order valence-electron chi connectivity index (χ2n) is 7.94. The number of rotatable bonds is 5. The summed E-state index contributed by atoms with van der Waals surface area (Å²) < 4.78 is 6.27. The maximum absolute atomic E-state index is 11.7. The Kier molecular flexibility index (Phi) is 4.78. The lowest BCUT2D eigenvalue weighted by molar-refractivity contribution is -0.170. The van der Waals surface area contributed by atoms with E-state index in [1.165, 1.54) is 6.42 Å². The van der Waals surface area contributed by atoms with E-state index >= 15 is 0 Å². The van der Waals surface area contributed by atoms with Crippen LogP contribution in [0.4, 0.5) is 0 Å². The largest absolute Gasteiger partial charge is 0.373 e. The lowest BCUT2D eigenvalue weighted by Gasteiger charge is -2.55. The first-order chi connectivity index (χ1) is 13.0. The predicted molar refractivity (Wildman–Crippen MR) is 103 cm³/mol. The number of carbonyl (C=O) groups excluding carboxylic acids is 1. The van der Waals surface area contributed by atoms with Gasteiger partial charge in [0.05, 0.1) is 5.69 Å². The Morgan fingerprint density at radius 3 is 2.70 bits per heavy atom. The summed E-state index contributed by atoms with van der Waals surface area (Å²) in [5.41, 5.74) is 7.91. The van der Waals surface area contributed by atoms with Gasteiger partial charge in [-0.05, 0) is 37.5 Å². The Balaban J connectivity index is 1.64. The molecule has 2 heterocycles. The number of hydrogen-bond donors (Lipinski definition) is 2. The van der Waals surface area contributed by atoms with Crippen LogP contribution in [0.5, 0.6) is 0 Å². The van der Waals surface area contributed by atoms with Crippen molar-refractivity contribution in [2.24, 2.45) is 17.6 Å². The van der Waals surface area contributed by atoms with Gasteiger partial charge in [0.15, 0.2) is 0 Å². The summed E-state index contributed by atoms with van der Waals surface area (Å²) in [6, 6.07) is 7.72. The number of methoxy groups -OCH3 is 1. The van der Waals surface area contributed by atoms with Crippen molar-refractivity contribution >= 4 is 5.91 Å². The molecule has 0 radical (unpaired) electrons. The molecule has 4 rings (SSSR count). The quantitative estimate of drug-likeness (QED) is 0.850. The molecular weight excluding hydrogens is 340 g/mol. The minimum atomic E-state index is -0.389. The molecule has 6 heteroatoms. The highest BCUT2D eigenvalue weighted by Gasteiger charge is 2.53. The van der Waals surface area contributed by atoms with Crippen molar-refractivity contribution in [2.45, 2.75) is 38.3 Å². The van der Waals surface area contributed by atoms with Gasteiger partial charge in [-0.25, -0.2) is 4.98 Å². The predicted octanol–water partition coefficient (Wildman–Crippen LogP) is 2.59. The summed E-state index contributed by atoms with van der Waals surface area (Å²) in [4.78, 5) is 21.9. The lowest BCUT2D eigenvalue weighted by Crippen LogP contribution is -2.58. The molecule has 6 nitrogen and oxygen atoms in total. The highest BCUT2D eigenvalue weighted by Crippen LogP contribution is 2.51. The number of fused-ring (bicyclic) bond motifs is 2. The Bertz CT molecular complexity index is 817. The van der Waals surface area contributed by atoms with Gasteiger partial charge in [0.25, 0.3) is 0 Å². The zero-order valence-electron chi connectivity index (χ0n) is 16.1. The molecule has 0 spiro atoms. The number of imidazole rings is 1. The fraction of sp³-hybridized carbons (Fsp3) is 0.524. The summed E-state index contributed by atoms with van der Waals surface area (Å²) in [5.74, 6) is 1.34. The number of benzene rings is 1. The molecule has 27 heavy (non-hydrogen) atoms. The van der Waals surface area contributed by atoms with Crippen LogP contribution in [0.1, 0.15) is 46.7 Å². The van der Waals surface area contributed by atoms with Crippen molar-refractivity contribution in [3.8, 4) is 0 Å². The van der Waals surface area contributed by atoms with Crippen molar-refractivity contribution < 1.29 is 9.53 Å². The van der Waals surface area contributed by atoms with E-state index in [1.807, 2.05) is 32.4 Å². The van der Waals surface area contributed by atoms with Crippen LogP contribution in [-0.2, 0) is 16.9 Å². The SMILES string of the molecule is COC1(c2cccc(C(N)=O)c2)C2CCCC1CN(Cc1c[nH]c(C)n1)C2. The van der Waals surface area contributed by atoms with Crippen molar-refractivity contribution in [3.63, 3.8) is 0 Å². The summed E-state index contributed by atoms with van der Waals surface area (Å²) >= 11 is 0. The standard InChI is InChI=1S/C21H28N4O2/c1-14-23-10-19(24-14)13-25-11-17-7-4-8-18(12-25)21(17,27-2)16-6-3-5-15(9-16)20(22)26/h3,5-6,9-10,17-18H,4,7-8,11-13H2,1-2H3,(H2,22,26)(H,23,24). The number of likely N-dealkylation sites (tertiary alicyclic amines) is 1. The van der Waals surface area contributed by atoms with Gasteiger partial charge in [-0.2, -0.15) is 0 Å². The van der Waals surface area contributed by atoms with E-state index in [9.17, 15) is 4.79 Å². The normalized spacial score (nSPS) is 28.2. The smallest absolute Gasteiger partial charge is 0.248 e. The van der Waals surface area contributed by atoms with Crippen LogP contribution < -0.4 is 5.73 Å². The minimum Gasteiger partial charge on any atom is -0.373 e. The molecule has 2 fully saturated rings. The summed E-state index contributed by atoms with van der Waals surface area (Å²) in [6.45, 7) is 4.78. The van der Waals surface area contributed by atoms with Gasteiger partial charge in [0.2, 0.25) is 5.91 Å². The van der Waals surface area contributed by atoms with E-state index in [1.54, 1.807) is 6.07 Å². The molecular formula is C21H28N4O2. The van der Waals surface area contributed by atoms with Gasteiger partial charge < -0.3 is 15.5 Å². The number of aromatic nitrogens is 2. The number of aryl methyl sites for hydroxylation is 1. The number of ether oxygens (including phenoxy) is 1. The van der Waals surface area contributed by atoms with Crippen LogP contribution in [0.2, 0.25) is 0 Å². The van der Waals surface area contributed by atoms with Gasteiger partial charge in [0.1, 0.15) is 11.4 Å². The third-order valence-electron chi connectivity index (χ3n) is 6.36. The molecule has 1 aromatic heterocycles. The number of H-pyrrole nitrogens is 1. The fourth-order valence-electron chi connectivity index (χ4n) is 5.27. The Labute approximate surface area is 160 Å². The average molecular weight is 368 g/mol. The number of amides is 1. The lowest BCUT2D eigenvalue weighted by atomic mass is 9.62. The summed E-state index contributed by atoms with van der Waals surface area (Å²) in [5, 5.41) is 0. The van der Waals surface area contributed by atoms with Crippen LogP contribution in [0.3, 0.4) is 0 Å². The first-order valence-corrected chi connectivity index (χ1v) is 9.71. The zero-order valence-corrected chi connectivity index (χ0v) is 16.1. The number of piperidine rings is 1. The second kappa shape index (κ2) is 7.09. The molecule has 144 valence electrons. The van der Waals surface area contributed by atoms with Crippen LogP contribution in [0, 0.1) is 18.8 Å². The maximum atomic E-state index is 11.7. The topological polar surface area (TPSA) is 84.2 Å². The van der Waals surface area contributed by atoms with E-state index in [0.29, 0.717) is 17.4 Å². The number of primary amides is 1. The molecule has 2 unspecified atom stereocenters. The molecule has 1 aliphatic carbocycles. The molecule has 2 aliphatic rings. The van der Waals surface area contributed by atoms with Crippen molar-refractivity contribution in [3.05, 3.63) is 53.1 Å². The Morgan fingerprint density at radius 1 is 1.37 bits per heavy atom. The van der Waals surface area contributed by atoms with Crippen molar-refractivity contribution in [2.75, 3.05) is 20.2 Å². The summed E-state index contributed by atoms with van der Waals surface area (Å²) in [7, 11) is 1.81. The number of aromatic amines is 1. The summed E-state index contributed by atoms with van der Waals surface area (Å²) in [6.07, 6.45) is 5.48.